The second-order valence-corrected chi connectivity index (χ2v) is 8.47. The van der Waals surface area contributed by atoms with Crippen molar-refractivity contribution in [2.45, 2.75) is 60.2 Å². The summed E-state index contributed by atoms with van der Waals surface area (Å²) in [5, 5.41) is 0. The molecule has 0 N–H and O–H groups in total. The average molecular weight is 381 g/mol. The van der Waals surface area contributed by atoms with Crippen LogP contribution in [-0.2, 0) is 25.7 Å². The van der Waals surface area contributed by atoms with Crippen LogP contribution in [0, 0.1) is 26.7 Å². The van der Waals surface area contributed by atoms with Crippen LogP contribution in [0.1, 0.15) is 49.5 Å². The van der Waals surface area contributed by atoms with E-state index < -0.39 is 12.1 Å². The predicted molar refractivity (Wildman–Crippen MR) is 103 cm³/mol. The third-order valence-corrected chi connectivity index (χ3v) is 3.97. The predicted octanol–water partition coefficient (Wildman–Crippen LogP) is 2.50. The highest BCUT2D eigenvalue weighted by atomic mass is 16.6. The summed E-state index contributed by atoms with van der Waals surface area (Å²) in [6, 6.07) is 0. The first-order chi connectivity index (χ1) is 12.4. The van der Waals surface area contributed by atoms with Crippen LogP contribution in [0.5, 0.6) is 0 Å². The lowest BCUT2D eigenvalue weighted by molar-refractivity contribution is -0.873. The molecule has 27 heavy (non-hydrogen) atoms. The van der Waals surface area contributed by atoms with Crippen LogP contribution in [0.2, 0.25) is 0 Å². The number of likely N-dealkylation sites (N-methyl/N-ethyl adjacent to an activating group) is 1. The number of aryl methyl sites for hydroxylation is 3. The van der Waals surface area contributed by atoms with E-state index in [1.54, 1.807) is 0 Å². The number of ether oxygens (including phenoxy) is 2. The van der Waals surface area contributed by atoms with E-state index in [1.165, 1.54) is 0 Å². The molecule has 1 heterocycles. The molecule has 0 radical (unpaired) electrons. The molecule has 1 aromatic heterocycles. The van der Waals surface area contributed by atoms with Crippen molar-refractivity contribution < 1.29 is 23.5 Å². The van der Waals surface area contributed by atoms with Gasteiger partial charge in [-0.2, -0.15) is 0 Å². The molecule has 0 spiro atoms. The second kappa shape index (κ2) is 9.78. The third kappa shape index (κ3) is 8.95. The number of hydrogen-bond donors (Lipinski definition) is 0. The van der Waals surface area contributed by atoms with Gasteiger partial charge in [-0.05, 0) is 26.7 Å². The molecule has 0 saturated heterocycles. The van der Waals surface area contributed by atoms with Crippen molar-refractivity contribution in [1.29, 1.82) is 0 Å². The lowest BCUT2D eigenvalue weighted by atomic mass is 10.1. The molecule has 1 atom stereocenters. The maximum absolute atomic E-state index is 12.3. The Morgan fingerprint density at radius 1 is 0.926 bits per heavy atom. The number of carbonyl (C=O) groups is 2. The first-order valence-corrected chi connectivity index (χ1v) is 9.33. The molecule has 0 fully saturated rings. The van der Waals surface area contributed by atoms with Crippen LogP contribution in [-0.4, -0.2) is 60.2 Å². The molecule has 152 valence electrons. The van der Waals surface area contributed by atoms with Gasteiger partial charge in [0.05, 0.1) is 50.3 Å². The summed E-state index contributed by atoms with van der Waals surface area (Å²) in [5.41, 5.74) is 3.07. The fourth-order valence-electron chi connectivity index (χ4n) is 2.61. The zero-order chi connectivity index (χ0) is 20.8. The second-order valence-electron chi connectivity index (χ2n) is 8.47. The summed E-state index contributed by atoms with van der Waals surface area (Å²) >= 11 is 0. The Hall–Kier alpha value is -2.02. The summed E-state index contributed by atoms with van der Waals surface area (Å²) in [6.45, 7) is 10.1. The Bertz CT molecular complexity index is 666. The number of carbonyl (C=O) groups excluding carboxylic acids is 2. The van der Waals surface area contributed by atoms with Crippen molar-refractivity contribution in [3.05, 3.63) is 22.8 Å². The van der Waals surface area contributed by atoms with Crippen LogP contribution in [0.25, 0.3) is 0 Å². The molecule has 0 aliphatic carbocycles. The largest absolute Gasteiger partial charge is 0.459 e. The summed E-state index contributed by atoms with van der Waals surface area (Å²) in [5.74, 6) is -0.488. The van der Waals surface area contributed by atoms with Gasteiger partial charge in [-0.1, -0.05) is 13.8 Å². The highest BCUT2D eigenvalue weighted by Crippen LogP contribution is 2.12. The third-order valence-electron chi connectivity index (χ3n) is 3.97. The first-order valence-electron chi connectivity index (χ1n) is 9.33. The molecular formula is C20H34N3O4+. The number of rotatable bonds is 9. The normalized spacial score (nSPS) is 12.8. The van der Waals surface area contributed by atoms with Crippen LogP contribution in [0.3, 0.4) is 0 Å². The molecule has 1 unspecified atom stereocenters. The highest BCUT2D eigenvalue weighted by molar-refractivity contribution is 5.72. The zero-order valence-corrected chi connectivity index (χ0v) is 18.0. The average Bonchev–Trinajstić information content (AvgIpc) is 2.46. The minimum Gasteiger partial charge on any atom is -0.459 e. The topological polar surface area (TPSA) is 78.4 Å². The molecule has 7 heteroatoms. The molecule has 0 aromatic carbocycles. The van der Waals surface area contributed by atoms with E-state index in [1.807, 2.05) is 55.8 Å². The maximum Gasteiger partial charge on any atom is 0.310 e. The summed E-state index contributed by atoms with van der Waals surface area (Å²) in [7, 11) is 5.97. The van der Waals surface area contributed by atoms with Gasteiger partial charge >= 0.3 is 11.9 Å². The van der Waals surface area contributed by atoms with Gasteiger partial charge in [-0.25, -0.2) is 0 Å². The Morgan fingerprint density at radius 2 is 1.52 bits per heavy atom. The number of aromatic nitrogens is 2. The van der Waals surface area contributed by atoms with Crippen LogP contribution in [0.15, 0.2) is 0 Å². The molecule has 0 saturated carbocycles. The molecule has 0 amide bonds. The lowest BCUT2D eigenvalue weighted by Crippen LogP contribution is -2.44. The van der Waals surface area contributed by atoms with Crippen molar-refractivity contribution in [3.63, 3.8) is 0 Å². The van der Waals surface area contributed by atoms with Gasteiger partial charge in [0.2, 0.25) is 0 Å². The quantitative estimate of drug-likeness (QED) is 0.484. The molecule has 1 aromatic rings. The summed E-state index contributed by atoms with van der Waals surface area (Å²) in [6.07, 6.45) is -0.160. The van der Waals surface area contributed by atoms with Crippen molar-refractivity contribution in [2.24, 2.45) is 5.92 Å². The van der Waals surface area contributed by atoms with E-state index >= 15 is 0 Å². The Kier molecular flexibility index (Phi) is 8.34. The Labute approximate surface area is 162 Å². The highest BCUT2D eigenvalue weighted by Gasteiger charge is 2.26. The smallest absolute Gasteiger partial charge is 0.310 e. The monoisotopic (exact) mass is 380 g/mol. The zero-order valence-electron chi connectivity index (χ0n) is 18.0. The van der Waals surface area contributed by atoms with Crippen LogP contribution < -0.4 is 0 Å². The molecule has 1 rings (SSSR count). The van der Waals surface area contributed by atoms with Crippen molar-refractivity contribution in [1.82, 2.24) is 9.97 Å². The lowest BCUT2D eigenvalue weighted by Gasteiger charge is -2.28. The van der Waals surface area contributed by atoms with E-state index in [2.05, 4.69) is 9.97 Å². The fourth-order valence-corrected chi connectivity index (χ4v) is 2.61. The number of nitrogens with zero attached hydrogens (tertiary/aromatic N) is 3. The molecular weight excluding hydrogens is 346 g/mol. The molecule has 0 bridgehead atoms. The van der Waals surface area contributed by atoms with Gasteiger partial charge in [0.25, 0.3) is 0 Å². The number of esters is 2. The molecule has 7 nitrogen and oxygen atoms in total. The first kappa shape index (κ1) is 23.0. The van der Waals surface area contributed by atoms with Gasteiger partial charge in [0, 0.05) is 6.42 Å². The van der Waals surface area contributed by atoms with E-state index in [0.717, 1.165) is 17.1 Å². The Balaban J connectivity index is 2.70. The van der Waals surface area contributed by atoms with Crippen molar-refractivity contribution >= 4 is 11.9 Å². The van der Waals surface area contributed by atoms with Gasteiger partial charge < -0.3 is 14.0 Å². The van der Waals surface area contributed by atoms with Crippen molar-refractivity contribution in [3.8, 4) is 0 Å². The minimum absolute atomic E-state index is 0.0245. The summed E-state index contributed by atoms with van der Waals surface area (Å²) < 4.78 is 11.5. The Morgan fingerprint density at radius 3 is 2.07 bits per heavy atom. The van der Waals surface area contributed by atoms with E-state index in [0.29, 0.717) is 23.1 Å². The van der Waals surface area contributed by atoms with Crippen molar-refractivity contribution in [2.75, 3.05) is 27.7 Å². The van der Waals surface area contributed by atoms with Crippen LogP contribution in [0.4, 0.5) is 0 Å². The number of hydrogen-bond acceptors (Lipinski definition) is 6. The van der Waals surface area contributed by atoms with E-state index in [4.69, 9.17) is 9.47 Å². The van der Waals surface area contributed by atoms with Crippen LogP contribution >= 0.6 is 0 Å². The summed E-state index contributed by atoms with van der Waals surface area (Å²) in [4.78, 5) is 33.2. The SMILES string of the molecule is Cc1nc(C)c(COC(=O)CC(C[N+](C)(C)C)OC(=O)CC(C)C)nc1C. The maximum atomic E-state index is 12.3. The van der Waals surface area contributed by atoms with Gasteiger partial charge in [0.15, 0.2) is 6.10 Å². The van der Waals surface area contributed by atoms with Gasteiger partial charge in [-0.3, -0.25) is 19.6 Å². The van der Waals surface area contributed by atoms with E-state index in [-0.39, 0.29) is 24.9 Å². The van der Waals surface area contributed by atoms with E-state index in [9.17, 15) is 9.59 Å². The standard InChI is InChI=1S/C20H34N3O4/c1-13(2)9-20(25)27-17(11-23(6,7)8)10-19(24)26-12-18-16(5)21-14(3)15(4)22-18/h13,17H,9-12H2,1-8H3/q+1. The number of quaternary nitrogens is 1. The fraction of sp³-hybridized carbons (Fsp3) is 0.700. The van der Waals surface area contributed by atoms with Gasteiger partial charge in [-0.15, -0.1) is 0 Å². The molecule has 0 aliphatic heterocycles. The van der Waals surface area contributed by atoms with Gasteiger partial charge in [0.1, 0.15) is 13.2 Å². The molecule has 0 aliphatic rings. The minimum atomic E-state index is -0.518.